The lowest BCUT2D eigenvalue weighted by Gasteiger charge is -2.34. The van der Waals surface area contributed by atoms with Gasteiger partial charge in [-0.3, -0.25) is 9.88 Å². The highest BCUT2D eigenvalue weighted by Crippen LogP contribution is 2.20. The number of halogens is 2. The highest BCUT2D eigenvalue weighted by molar-refractivity contribution is 6.31. The van der Waals surface area contributed by atoms with Gasteiger partial charge in [0.15, 0.2) is 0 Å². The fraction of sp³-hybridized carbons (Fsp3) is 0.294. The highest BCUT2D eigenvalue weighted by atomic mass is 35.5. The quantitative estimate of drug-likeness (QED) is 0.926. The third-order valence-corrected chi connectivity index (χ3v) is 4.28. The molecule has 1 fully saturated rings. The number of rotatable bonds is 3. The number of pyridine rings is 1. The first-order valence-electron chi connectivity index (χ1n) is 7.74. The fourth-order valence-corrected chi connectivity index (χ4v) is 2.81. The number of nitrogens with zero attached hydrogens (tertiary/aromatic N) is 3. The van der Waals surface area contributed by atoms with E-state index in [9.17, 15) is 9.18 Å². The summed E-state index contributed by atoms with van der Waals surface area (Å²) >= 11 is 5.73. The smallest absolute Gasteiger partial charge is 0.321 e. The topological polar surface area (TPSA) is 48.5 Å². The van der Waals surface area contributed by atoms with Gasteiger partial charge in [-0.2, -0.15) is 0 Å². The van der Waals surface area contributed by atoms with Gasteiger partial charge in [0.25, 0.3) is 0 Å². The van der Waals surface area contributed by atoms with Crippen LogP contribution in [0.2, 0.25) is 5.02 Å². The molecule has 2 aromatic rings. The van der Waals surface area contributed by atoms with E-state index in [4.69, 9.17) is 11.6 Å². The Hall–Kier alpha value is -2.18. The van der Waals surface area contributed by atoms with E-state index in [1.165, 1.54) is 23.8 Å². The minimum atomic E-state index is -0.501. The Morgan fingerprint density at radius 2 is 1.88 bits per heavy atom. The molecule has 24 heavy (non-hydrogen) atoms. The summed E-state index contributed by atoms with van der Waals surface area (Å²) in [4.78, 5) is 20.3. The molecule has 2 amide bonds. The van der Waals surface area contributed by atoms with Crippen molar-refractivity contribution in [1.82, 2.24) is 14.8 Å². The van der Waals surface area contributed by atoms with Gasteiger partial charge >= 0.3 is 6.03 Å². The fourth-order valence-electron chi connectivity index (χ4n) is 2.63. The summed E-state index contributed by atoms with van der Waals surface area (Å²) in [6, 6.07) is 7.95. The van der Waals surface area contributed by atoms with Gasteiger partial charge < -0.3 is 10.2 Å². The average molecular weight is 349 g/mol. The van der Waals surface area contributed by atoms with E-state index in [-0.39, 0.29) is 11.1 Å². The van der Waals surface area contributed by atoms with Gasteiger partial charge in [-0.15, -0.1) is 0 Å². The first-order valence-corrected chi connectivity index (χ1v) is 8.12. The normalized spacial score (nSPS) is 15.3. The molecule has 0 bridgehead atoms. The Bertz CT molecular complexity index is 705. The maximum atomic E-state index is 13.1. The molecule has 1 aromatic carbocycles. The molecule has 0 radical (unpaired) electrons. The molecular formula is C17H18ClFN4O. The molecule has 0 unspecified atom stereocenters. The van der Waals surface area contributed by atoms with Gasteiger partial charge in [0.05, 0.1) is 5.02 Å². The second-order valence-corrected chi connectivity index (χ2v) is 6.08. The third-order valence-electron chi connectivity index (χ3n) is 3.99. The van der Waals surface area contributed by atoms with Crippen molar-refractivity contribution in [1.29, 1.82) is 0 Å². The van der Waals surface area contributed by atoms with E-state index in [2.05, 4.69) is 15.2 Å². The largest absolute Gasteiger partial charge is 0.322 e. The molecule has 1 aromatic heterocycles. The van der Waals surface area contributed by atoms with Crippen LogP contribution in [-0.4, -0.2) is 47.0 Å². The van der Waals surface area contributed by atoms with Gasteiger partial charge in [-0.25, -0.2) is 9.18 Å². The number of hydrogen-bond donors (Lipinski definition) is 1. The maximum Gasteiger partial charge on any atom is 0.321 e. The summed E-state index contributed by atoms with van der Waals surface area (Å²) in [5.74, 6) is -0.501. The SMILES string of the molecule is O=C(Nc1ccc(F)c(Cl)c1)N1CCN(Cc2ccncc2)CC1. The lowest BCUT2D eigenvalue weighted by atomic mass is 10.2. The van der Waals surface area contributed by atoms with Crippen LogP contribution < -0.4 is 5.32 Å². The molecule has 1 aliphatic rings. The Balaban J connectivity index is 1.50. The summed E-state index contributed by atoms with van der Waals surface area (Å²) in [7, 11) is 0. The van der Waals surface area contributed by atoms with Crippen LogP contribution in [0.15, 0.2) is 42.7 Å². The van der Waals surface area contributed by atoms with E-state index >= 15 is 0 Å². The van der Waals surface area contributed by atoms with Gasteiger partial charge in [0.1, 0.15) is 5.82 Å². The molecule has 0 saturated carbocycles. The van der Waals surface area contributed by atoms with Crippen LogP contribution in [0.4, 0.5) is 14.9 Å². The van der Waals surface area contributed by atoms with E-state index in [1.807, 2.05) is 12.1 Å². The van der Waals surface area contributed by atoms with E-state index in [0.29, 0.717) is 18.8 Å². The van der Waals surface area contributed by atoms with Crippen LogP contribution in [0, 0.1) is 5.82 Å². The lowest BCUT2D eigenvalue weighted by molar-refractivity contribution is 0.143. The van der Waals surface area contributed by atoms with Crippen molar-refractivity contribution < 1.29 is 9.18 Å². The zero-order valence-electron chi connectivity index (χ0n) is 13.1. The maximum absolute atomic E-state index is 13.1. The standard InChI is InChI=1S/C17H18ClFN4O/c18-15-11-14(1-2-16(15)19)21-17(24)23-9-7-22(8-10-23)12-13-3-5-20-6-4-13/h1-6,11H,7-10,12H2,(H,21,24). The Morgan fingerprint density at radius 1 is 1.17 bits per heavy atom. The number of amides is 2. The van der Waals surface area contributed by atoms with Crippen LogP contribution in [0.5, 0.6) is 0 Å². The zero-order chi connectivity index (χ0) is 16.9. The molecule has 0 spiro atoms. The number of nitrogens with one attached hydrogen (secondary N) is 1. The number of urea groups is 1. The van der Waals surface area contributed by atoms with Crippen molar-refractivity contribution in [3.8, 4) is 0 Å². The predicted octanol–water partition coefficient (Wildman–Crippen LogP) is 3.22. The van der Waals surface area contributed by atoms with Crippen molar-refractivity contribution >= 4 is 23.3 Å². The highest BCUT2D eigenvalue weighted by Gasteiger charge is 2.21. The molecule has 5 nitrogen and oxygen atoms in total. The number of benzene rings is 1. The molecule has 0 atom stereocenters. The Labute approximate surface area is 145 Å². The van der Waals surface area contributed by atoms with E-state index in [1.54, 1.807) is 17.3 Å². The van der Waals surface area contributed by atoms with Crippen LogP contribution >= 0.6 is 11.6 Å². The molecule has 126 valence electrons. The van der Waals surface area contributed by atoms with Crippen molar-refractivity contribution in [2.45, 2.75) is 6.54 Å². The summed E-state index contributed by atoms with van der Waals surface area (Å²) in [6.45, 7) is 3.75. The lowest BCUT2D eigenvalue weighted by Crippen LogP contribution is -2.49. The van der Waals surface area contributed by atoms with Crippen LogP contribution in [0.3, 0.4) is 0 Å². The number of hydrogen-bond acceptors (Lipinski definition) is 3. The van der Waals surface area contributed by atoms with Crippen LogP contribution in [0.1, 0.15) is 5.56 Å². The molecule has 7 heteroatoms. The van der Waals surface area contributed by atoms with Gasteiger partial charge in [-0.1, -0.05) is 11.6 Å². The van der Waals surface area contributed by atoms with Crippen molar-refractivity contribution in [2.24, 2.45) is 0 Å². The number of carbonyl (C=O) groups is 1. The summed E-state index contributed by atoms with van der Waals surface area (Å²) in [5.41, 5.74) is 1.70. The molecule has 1 N–H and O–H groups in total. The van der Waals surface area contributed by atoms with Crippen LogP contribution in [0.25, 0.3) is 0 Å². The van der Waals surface area contributed by atoms with E-state index < -0.39 is 5.82 Å². The number of piperazine rings is 1. The number of anilines is 1. The second kappa shape index (κ2) is 7.59. The molecular weight excluding hydrogens is 331 g/mol. The first-order chi connectivity index (χ1) is 11.6. The predicted molar refractivity (Wildman–Crippen MR) is 91.5 cm³/mol. The average Bonchev–Trinajstić information content (AvgIpc) is 2.60. The van der Waals surface area contributed by atoms with Gasteiger partial charge in [-0.05, 0) is 35.9 Å². The van der Waals surface area contributed by atoms with Crippen molar-refractivity contribution in [2.75, 3.05) is 31.5 Å². The summed E-state index contributed by atoms with van der Waals surface area (Å²) < 4.78 is 13.1. The molecule has 3 rings (SSSR count). The van der Waals surface area contributed by atoms with Crippen LogP contribution in [-0.2, 0) is 6.54 Å². The minimum Gasteiger partial charge on any atom is -0.322 e. The summed E-state index contributed by atoms with van der Waals surface area (Å²) in [5, 5.41) is 2.75. The minimum absolute atomic E-state index is 0.00466. The third kappa shape index (κ3) is 4.21. The zero-order valence-corrected chi connectivity index (χ0v) is 13.8. The molecule has 1 aliphatic heterocycles. The van der Waals surface area contributed by atoms with Gasteiger partial charge in [0, 0.05) is 50.8 Å². The first kappa shape index (κ1) is 16.7. The van der Waals surface area contributed by atoms with Gasteiger partial charge in [0.2, 0.25) is 0 Å². The number of aromatic nitrogens is 1. The monoisotopic (exact) mass is 348 g/mol. The molecule has 0 aliphatic carbocycles. The van der Waals surface area contributed by atoms with Crippen molar-refractivity contribution in [3.05, 3.63) is 59.1 Å². The Morgan fingerprint density at radius 3 is 2.54 bits per heavy atom. The molecule has 2 heterocycles. The Kier molecular flexibility index (Phi) is 5.27. The molecule has 1 saturated heterocycles. The summed E-state index contributed by atoms with van der Waals surface area (Å²) in [6.07, 6.45) is 3.57. The van der Waals surface area contributed by atoms with E-state index in [0.717, 1.165) is 19.6 Å². The second-order valence-electron chi connectivity index (χ2n) is 5.68. The number of carbonyl (C=O) groups excluding carboxylic acids is 1. The van der Waals surface area contributed by atoms with Crippen molar-refractivity contribution in [3.63, 3.8) is 0 Å².